The molecule has 3 heteroatoms. The minimum Gasteiger partial charge on any atom is -0.489 e. The summed E-state index contributed by atoms with van der Waals surface area (Å²) in [4.78, 5) is 0. The van der Waals surface area contributed by atoms with E-state index in [-0.39, 0.29) is 5.16 Å². The smallest absolute Gasteiger partial charge is 0.123 e. The number of rotatable bonds is 10. The van der Waals surface area contributed by atoms with Crippen LogP contribution in [0.5, 0.6) is 5.75 Å². The molecule has 5 aromatic carbocycles. The van der Waals surface area contributed by atoms with E-state index in [0.717, 1.165) is 12.2 Å². The van der Waals surface area contributed by atoms with Gasteiger partial charge in [-0.3, -0.25) is 0 Å². The molecule has 0 radical (unpaired) electrons. The van der Waals surface area contributed by atoms with Crippen LogP contribution in [0.3, 0.4) is 0 Å². The lowest BCUT2D eigenvalue weighted by Crippen LogP contribution is -2.33. The van der Waals surface area contributed by atoms with Crippen molar-refractivity contribution in [3.8, 4) is 5.75 Å². The molecule has 0 spiro atoms. The van der Waals surface area contributed by atoms with Crippen molar-refractivity contribution < 1.29 is 4.74 Å². The fraction of sp³-hybridized carbons (Fsp3) is 0.167. The maximum atomic E-state index is 6.46. The van der Waals surface area contributed by atoms with Crippen molar-refractivity contribution in [2.45, 2.75) is 39.0 Å². The first kappa shape index (κ1) is 27.3. The van der Waals surface area contributed by atoms with E-state index in [1.165, 1.54) is 37.9 Å². The van der Waals surface area contributed by atoms with Gasteiger partial charge in [0.2, 0.25) is 0 Å². The molecule has 1 nitrogen and oxygen atoms in total. The summed E-state index contributed by atoms with van der Waals surface area (Å²) in [5.41, 5.74) is 3.85. The molecule has 2 unspecified atom stereocenters. The zero-order valence-corrected chi connectivity index (χ0v) is 24.9. The molecule has 0 aliphatic heterocycles. The van der Waals surface area contributed by atoms with E-state index < -0.39 is 7.92 Å². The van der Waals surface area contributed by atoms with E-state index in [2.05, 4.69) is 148 Å². The summed E-state index contributed by atoms with van der Waals surface area (Å²) in [6.45, 7) is 7.59. The van der Waals surface area contributed by atoms with Crippen molar-refractivity contribution in [1.82, 2.24) is 0 Å². The highest BCUT2D eigenvalue weighted by molar-refractivity contribution is 7.81. The first-order chi connectivity index (χ1) is 19.1. The summed E-state index contributed by atoms with van der Waals surface area (Å²) in [6, 6.07) is 48.0. The van der Waals surface area contributed by atoms with E-state index >= 15 is 0 Å². The van der Waals surface area contributed by atoms with E-state index in [4.69, 9.17) is 4.74 Å². The summed E-state index contributed by atoms with van der Waals surface area (Å²) in [5, 5.41) is 5.67. The number of hydrogen-bond donors (Lipinski definition) is 0. The highest BCUT2D eigenvalue weighted by atomic mass is 31.1. The Balaban J connectivity index is 1.56. The van der Waals surface area contributed by atoms with Gasteiger partial charge in [0.1, 0.15) is 12.4 Å². The predicted molar refractivity (Wildman–Crippen MR) is 173 cm³/mol. The number of aryl methyl sites for hydroxylation is 1. The maximum absolute atomic E-state index is 6.46. The molecule has 2 atom stereocenters. The molecule has 196 valence electrons. The van der Waals surface area contributed by atoms with E-state index in [9.17, 15) is 0 Å². The minimum atomic E-state index is -0.679. The SMILES string of the molecule is CCC(C)(Pc1c(C)cccc1P(c1ccccc1)c1ccccc1)c1ccccc1OCc1ccccc1. The van der Waals surface area contributed by atoms with Gasteiger partial charge < -0.3 is 4.74 Å². The first-order valence-corrected chi connectivity index (χ1v) is 16.0. The summed E-state index contributed by atoms with van der Waals surface area (Å²) < 4.78 is 6.46. The first-order valence-electron chi connectivity index (χ1n) is 13.6. The monoisotopic (exact) mass is 546 g/mol. The molecule has 0 aliphatic rings. The fourth-order valence-corrected chi connectivity index (χ4v) is 9.48. The van der Waals surface area contributed by atoms with Crippen molar-refractivity contribution in [2.24, 2.45) is 0 Å². The molecule has 5 aromatic rings. The van der Waals surface area contributed by atoms with Crippen LogP contribution in [0.15, 0.2) is 133 Å². The Morgan fingerprint density at radius 1 is 0.667 bits per heavy atom. The van der Waals surface area contributed by atoms with Crippen LogP contribution in [0.1, 0.15) is 37.0 Å². The van der Waals surface area contributed by atoms with Gasteiger partial charge in [0.15, 0.2) is 0 Å². The van der Waals surface area contributed by atoms with Gasteiger partial charge in [-0.25, -0.2) is 0 Å². The second-order valence-corrected chi connectivity index (χ2v) is 14.1. The van der Waals surface area contributed by atoms with Gasteiger partial charge in [-0.05, 0) is 59.7 Å². The number of benzene rings is 5. The van der Waals surface area contributed by atoms with Crippen LogP contribution < -0.4 is 26.0 Å². The zero-order valence-electron chi connectivity index (χ0n) is 23.0. The quantitative estimate of drug-likeness (QED) is 0.162. The van der Waals surface area contributed by atoms with Gasteiger partial charge in [0.05, 0.1) is 0 Å². The molecular formula is C36H36OP2. The maximum Gasteiger partial charge on any atom is 0.123 e. The normalized spacial score (nSPS) is 13.0. The third-order valence-electron chi connectivity index (χ3n) is 7.35. The average Bonchev–Trinajstić information content (AvgIpc) is 2.99. The van der Waals surface area contributed by atoms with Crippen LogP contribution in [0.25, 0.3) is 0 Å². The summed E-state index contributed by atoms with van der Waals surface area (Å²) in [7, 11) is -0.0691. The largest absolute Gasteiger partial charge is 0.489 e. The Bertz CT molecular complexity index is 1450. The zero-order chi connectivity index (χ0) is 27.1. The minimum absolute atomic E-state index is 0.0531. The molecule has 5 rings (SSSR count). The van der Waals surface area contributed by atoms with Crippen molar-refractivity contribution >= 4 is 37.7 Å². The Morgan fingerprint density at radius 3 is 1.85 bits per heavy atom. The third kappa shape index (κ3) is 6.33. The second-order valence-electron chi connectivity index (χ2n) is 10.1. The van der Waals surface area contributed by atoms with Gasteiger partial charge in [-0.15, -0.1) is 0 Å². The lowest BCUT2D eigenvalue weighted by atomic mass is 9.96. The molecule has 0 aliphatic carbocycles. The van der Waals surface area contributed by atoms with Crippen LogP contribution in [-0.4, -0.2) is 0 Å². The van der Waals surface area contributed by atoms with Gasteiger partial charge in [-0.1, -0.05) is 150 Å². The molecule has 0 fully saturated rings. The molecule has 0 heterocycles. The highest BCUT2D eigenvalue weighted by Gasteiger charge is 2.31. The predicted octanol–water partition coefficient (Wildman–Crippen LogP) is 7.96. The Morgan fingerprint density at radius 2 is 1.23 bits per heavy atom. The van der Waals surface area contributed by atoms with Crippen molar-refractivity contribution in [3.63, 3.8) is 0 Å². The lowest BCUT2D eigenvalue weighted by molar-refractivity contribution is 0.300. The molecule has 0 N–H and O–H groups in total. The van der Waals surface area contributed by atoms with Crippen LogP contribution in [0.2, 0.25) is 0 Å². The third-order valence-corrected chi connectivity index (χ3v) is 12.1. The van der Waals surface area contributed by atoms with Crippen LogP contribution in [-0.2, 0) is 11.8 Å². The molecule has 0 aromatic heterocycles. The molecule has 0 amide bonds. The number of hydrogen-bond acceptors (Lipinski definition) is 1. The van der Waals surface area contributed by atoms with Crippen molar-refractivity contribution in [1.29, 1.82) is 0 Å². The van der Waals surface area contributed by atoms with E-state index in [0.29, 0.717) is 15.2 Å². The average molecular weight is 547 g/mol. The summed E-state index contributed by atoms with van der Waals surface area (Å²) in [6.07, 6.45) is 1.03. The fourth-order valence-electron chi connectivity index (χ4n) is 4.99. The number of para-hydroxylation sites is 1. The van der Waals surface area contributed by atoms with Crippen LogP contribution in [0, 0.1) is 6.92 Å². The van der Waals surface area contributed by atoms with Crippen LogP contribution >= 0.6 is 16.5 Å². The van der Waals surface area contributed by atoms with Gasteiger partial charge in [0.25, 0.3) is 0 Å². The van der Waals surface area contributed by atoms with Crippen molar-refractivity contribution in [2.75, 3.05) is 0 Å². The Hall–Kier alpha value is -3.24. The van der Waals surface area contributed by atoms with Crippen LogP contribution in [0.4, 0.5) is 0 Å². The standard InChI is InChI=1S/C36H36OP2/c1-4-36(3,32-24-14-15-25-33(32)37-27-29-18-8-5-9-19-29)38-35-28(2)17-16-26-34(35)39(30-20-10-6-11-21-30)31-22-12-7-13-23-31/h5-26,38H,4,27H2,1-3H3. The van der Waals surface area contributed by atoms with Crippen molar-refractivity contribution in [3.05, 3.63) is 150 Å². The van der Waals surface area contributed by atoms with E-state index in [1.54, 1.807) is 0 Å². The lowest BCUT2D eigenvalue weighted by Gasteiger charge is -2.33. The van der Waals surface area contributed by atoms with Gasteiger partial charge in [0, 0.05) is 10.7 Å². The molecular weight excluding hydrogens is 510 g/mol. The molecule has 39 heavy (non-hydrogen) atoms. The molecule has 0 saturated heterocycles. The van der Waals surface area contributed by atoms with E-state index in [1.807, 2.05) is 6.07 Å². The Labute approximate surface area is 236 Å². The van der Waals surface area contributed by atoms with Gasteiger partial charge >= 0.3 is 0 Å². The summed E-state index contributed by atoms with van der Waals surface area (Å²) >= 11 is 0. The summed E-state index contributed by atoms with van der Waals surface area (Å²) in [5.74, 6) is 0.988. The van der Waals surface area contributed by atoms with Gasteiger partial charge in [-0.2, -0.15) is 0 Å². The Kier molecular flexibility index (Phi) is 8.93. The highest BCUT2D eigenvalue weighted by Crippen LogP contribution is 2.48. The number of ether oxygens (including phenoxy) is 1. The molecule has 0 saturated carbocycles. The topological polar surface area (TPSA) is 9.23 Å². The molecule has 0 bridgehead atoms. The second kappa shape index (κ2) is 12.7.